The first kappa shape index (κ1) is 10.2. The average molecular weight is 198 g/mol. The highest BCUT2D eigenvalue weighted by Gasteiger charge is 2.08. The highest BCUT2D eigenvalue weighted by Crippen LogP contribution is 2.17. The summed E-state index contributed by atoms with van der Waals surface area (Å²) < 4.78 is 20.6. The third-order valence-corrected chi connectivity index (χ3v) is 2.52. The molecular weight excluding hydrogens is 187 g/mol. The molecule has 1 aromatic rings. The number of aliphatic hydroxyl groups excluding tert-OH is 1. The molecule has 0 aromatic heterocycles. The van der Waals surface area contributed by atoms with Crippen molar-refractivity contribution >= 4 is 7.68 Å². The lowest BCUT2D eigenvalue weighted by Crippen LogP contribution is -1.99. The van der Waals surface area contributed by atoms with Gasteiger partial charge in [0.2, 0.25) is 0 Å². The second-order valence-corrected chi connectivity index (χ2v) is 3.96. The molecule has 0 radical (unpaired) electrons. The van der Waals surface area contributed by atoms with Crippen molar-refractivity contribution in [1.29, 1.82) is 0 Å². The molecule has 0 amide bonds. The lowest BCUT2D eigenvalue weighted by atomic mass is 10.1. The Morgan fingerprint density at radius 3 is 2.38 bits per heavy atom. The fraction of sp³-hybridized carbons (Fsp3) is 0.333. The Balaban J connectivity index is 2.44. The van der Waals surface area contributed by atoms with Crippen LogP contribution in [0.4, 0.5) is 0 Å². The Hall–Kier alpha value is -0.920. The van der Waals surface area contributed by atoms with Gasteiger partial charge in [0.25, 0.3) is 0 Å². The van der Waals surface area contributed by atoms with Crippen LogP contribution in [0, 0.1) is 0 Å². The number of aryl methyl sites for hydroxylation is 1. The molecule has 13 heavy (non-hydrogen) atoms. The summed E-state index contributed by atoms with van der Waals surface area (Å²) in [5, 5.41) is 8.99. The molecule has 0 bridgehead atoms. The topological polar surface area (TPSA) is 54.4 Å². The van der Waals surface area contributed by atoms with Crippen LogP contribution in [0.15, 0.2) is 30.3 Å². The maximum atomic E-state index is 10.3. The Labute approximate surface area is 77.2 Å². The molecule has 0 aliphatic rings. The molecule has 0 saturated carbocycles. The normalized spacial score (nSPS) is 12.4. The van der Waals surface area contributed by atoms with Gasteiger partial charge in [-0.1, -0.05) is 30.3 Å². The van der Waals surface area contributed by atoms with Crippen LogP contribution in [0.2, 0.25) is 0 Å². The molecule has 1 N–H and O–H groups in total. The Morgan fingerprint density at radius 1 is 1.23 bits per heavy atom. The first-order valence-corrected chi connectivity index (χ1v) is 5.30. The SMILES string of the molecule is O=P(=O)C(O)CCc1ccccc1. The van der Waals surface area contributed by atoms with Gasteiger partial charge in [-0.3, -0.25) is 0 Å². The maximum absolute atomic E-state index is 10.3. The lowest BCUT2D eigenvalue weighted by Gasteiger charge is -2.01. The van der Waals surface area contributed by atoms with Gasteiger partial charge in [0, 0.05) is 0 Å². The van der Waals surface area contributed by atoms with E-state index in [0.717, 1.165) is 5.56 Å². The van der Waals surface area contributed by atoms with Crippen LogP contribution < -0.4 is 0 Å². The van der Waals surface area contributed by atoms with Gasteiger partial charge in [-0.25, -0.2) is 9.13 Å². The van der Waals surface area contributed by atoms with E-state index in [4.69, 9.17) is 5.11 Å². The number of benzene rings is 1. The van der Waals surface area contributed by atoms with Crippen LogP contribution in [0.25, 0.3) is 0 Å². The predicted octanol–water partition coefficient (Wildman–Crippen LogP) is 2.11. The van der Waals surface area contributed by atoms with E-state index in [-0.39, 0.29) is 6.42 Å². The minimum absolute atomic E-state index is 0.267. The zero-order chi connectivity index (χ0) is 9.68. The first-order chi connectivity index (χ1) is 6.20. The molecular formula is C9H11O3P. The van der Waals surface area contributed by atoms with E-state index in [9.17, 15) is 9.13 Å². The van der Waals surface area contributed by atoms with Crippen molar-refractivity contribution in [3.63, 3.8) is 0 Å². The van der Waals surface area contributed by atoms with Crippen molar-refractivity contribution in [2.45, 2.75) is 18.7 Å². The van der Waals surface area contributed by atoms with Gasteiger partial charge in [0.15, 0.2) is 5.85 Å². The molecule has 1 unspecified atom stereocenters. The highest BCUT2D eigenvalue weighted by molar-refractivity contribution is 7.31. The average Bonchev–Trinajstić information content (AvgIpc) is 2.15. The first-order valence-electron chi connectivity index (χ1n) is 4.05. The molecule has 0 saturated heterocycles. The van der Waals surface area contributed by atoms with E-state index in [1.54, 1.807) is 0 Å². The molecule has 0 aliphatic carbocycles. The van der Waals surface area contributed by atoms with E-state index in [1.807, 2.05) is 30.3 Å². The van der Waals surface area contributed by atoms with Crippen molar-refractivity contribution in [2.75, 3.05) is 0 Å². The van der Waals surface area contributed by atoms with Crippen molar-refractivity contribution in [1.82, 2.24) is 0 Å². The van der Waals surface area contributed by atoms with Crippen LogP contribution in [-0.4, -0.2) is 11.0 Å². The van der Waals surface area contributed by atoms with Crippen LogP contribution >= 0.6 is 7.68 Å². The van der Waals surface area contributed by atoms with E-state index in [1.165, 1.54) is 0 Å². The van der Waals surface area contributed by atoms with Crippen molar-refractivity contribution < 1.29 is 14.2 Å². The molecule has 3 nitrogen and oxygen atoms in total. The zero-order valence-corrected chi connectivity index (χ0v) is 7.98. The molecule has 0 aliphatic heterocycles. The van der Waals surface area contributed by atoms with Crippen molar-refractivity contribution in [2.24, 2.45) is 0 Å². The maximum Gasteiger partial charge on any atom is 0.344 e. The van der Waals surface area contributed by atoms with Gasteiger partial charge in [-0.15, -0.1) is 0 Å². The third kappa shape index (κ3) is 3.53. The molecule has 1 aromatic carbocycles. The predicted molar refractivity (Wildman–Crippen MR) is 49.1 cm³/mol. The minimum Gasteiger partial charge on any atom is -0.378 e. The summed E-state index contributed by atoms with van der Waals surface area (Å²) in [4.78, 5) is 0. The quantitative estimate of drug-likeness (QED) is 0.754. The smallest absolute Gasteiger partial charge is 0.344 e. The van der Waals surface area contributed by atoms with Gasteiger partial charge >= 0.3 is 7.68 Å². The summed E-state index contributed by atoms with van der Waals surface area (Å²) in [7, 11) is -2.70. The van der Waals surface area contributed by atoms with Crippen LogP contribution in [0.3, 0.4) is 0 Å². The molecule has 1 atom stereocenters. The summed E-state index contributed by atoms with van der Waals surface area (Å²) in [6.45, 7) is 0. The molecule has 0 heterocycles. The minimum atomic E-state index is -2.70. The number of hydrogen-bond donors (Lipinski definition) is 1. The lowest BCUT2D eigenvalue weighted by molar-refractivity contribution is 0.235. The second kappa shape index (κ2) is 4.95. The van der Waals surface area contributed by atoms with Gasteiger partial charge in [-0.2, -0.15) is 0 Å². The highest BCUT2D eigenvalue weighted by atomic mass is 31.1. The van der Waals surface area contributed by atoms with E-state index in [0.29, 0.717) is 6.42 Å². The standard InChI is InChI=1S/C9H11O3P/c10-9(13(11)12)7-6-8-4-2-1-3-5-8/h1-5,9-10H,6-7H2. The van der Waals surface area contributed by atoms with Crippen LogP contribution in [-0.2, 0) is 15.6 Å². The zero-order valence-electron chi connectivity index (χ0n) is 7.09. The van der Waals surface area contributed by atoms with Crippen LogP contribution in [0.5, 0.6) is 0 Å². The van der Waals surface area contributed by atoms with E-state index < -0.39 is 13.5 Å². The van der Waals surface area contributed by atoms with E-state index >= 15 is 0 Å². The molecule has 4 heteroatoms. The molecule has 1 rings (SSSR count). The van der Waals surface area contributed by atoms with E-state index in [2.05, 4.69) is 0 Å². The van der Waals surface area contributed by atoms with Gasteiger partial charge < -0.3 is 5.11 Å². The number of hydrogen-bond acceptors (Lipinski definition) is 3. The number of aliphatic hydroxyl groups is 1. The Kier molecular flexibility index (Phi) is 3.87. The molecule has 70 valence electrons. The van der Waals surface area contributed by atoms with Gasteiger partial charge in [-0.05, 0) is 18.4 Å². The van der Waals surface area contributed by atoms with Gasteiger partial charge in [0.1, 0.15) is 0 Å². The third-order valence-electron chi connectivity index (χ3n) is 1.78. The fourth-order valence-electron chi connectivity index (χ4n) is 1.05. The van der Waals surface area contributed by atoms with Gasteiger partial charge in [0.05, 0.1) is 0 Å². The summed E-state index contributed by atoms with van der Waals surface area (Å²) in [5.41, 5.74) is 1.04. The van der Waals surface area contributed by atoms with Crippen LogP contribution in [0.1, 0.15) is 12.0 Å². The van der Waals surface area contributed by atoms with Crippen molar-refractivity contribution in [3.05, 3.63) is 35.9 Å². The van der Waals surface area contributed by atoms with Crippen molar-refractivity contribution in [3.8, 4) is 0 Å². The molecule has 0 fully saturated rings. The number of rotatable bonds is 4. The Bertz CT molecular complexity index is 311. The second-order valence-electron chi connectivity index (χ2n) is 2.79. The summed E-state index contributed by atoms with van der Waals surface area (Å²) in [6.07, 6.45) is 0.855. The molecule has 0 spiro atoms. The summed E-state index contributed by atoms with van der Waals surface area (Å²) >= 11 is 0. The Morgan fingerprint density at radius 2 is 1.85 bits per heavy atom. The fourth-order valence-corrected chi connectivity index (χ4v) is 1.39. The summed E-state index contributed by atoms with van der Waals surface area (Å²) in [5.74, 6) is -1.21. The largest absolute Gasteiger partial charge is 0.378 e. The summed E-state index contributed by atoms with van der Waals surface area (Å²) in [6, 6.07) is 9.49. The monoisotopic (exact) mass is 198 g/mol.